The molecule has 0 saturated carbocycles. The molecule has 0 unspecified atom stereocenters. The molecule has 5 heteroatoms. The standard InChI is InChI=1S/C11H16N4S/c1-5(2)9-13-10(15-12)8-6(3)7(4)16-11(8)14-9/h5H,12H2,1-4H3,(H,13,14,15). The fourth-order valence-corrected chi connectivity index (χ4v) is 2.66. The van der Waals surface area contributed by atoms with Crippen LogP contribution < -0.4 is 11.3 Å². The normalized spacial score (nSPS) is 11.4. The van der Waals surface area contributed by atoms with Crippen LogP contribution in [0.3, 0.4) is 0 Å². The van der Waals surface area contributed by atoms with E-state index in [-0.39, 0.29) is 0 Å². The first-order valence-corrected chi connectivity index (χ1v) is 6.10. The summed E-state index contributed by atoms with van der Waals surface area (Å²) in [4.78, 5) is 11.3. The molecular formula is C11H16N4S. The molecule has 0 spiro atoms. The molecule has 0 aliphatic carbocycles. The number of aryl methyl sites for hydroxylation is 2. The molecule has 86 valence electrons. The fraction of sp³-hybridized carbons (Fsp3) is 0.455. The Hall–Kier alpha value is -1.20. The molecule has 2 rings (SSSR count). The smallest absolute Gasteiger partial charge is 0.152 e. The van der Waals surface area contributed by atoms with Gasteiger partial charge in [0.1, 0.15) is 10.7 Å². The maximum atomic E-state index is 5.53. The summed E-state index contributed by atoms with van der Waals surface area (Å²) in [6.45, 7) is 8.33. The molecule has 0 saturated heterocycles. The van der Waals surface area contributed by atoms with Gasteiger partial charge in [-0.25, -0.2) is 15.8 Å². The van der Waals surface area contributed by atoms with Gasteiger partial charge in [0.2, 0.25) is 0 Å². The van der Waals surface area contributed by atoms with Crippen molar-refractivity contribution < 1.29 is 0 Å². The van der Waals surface area contributed by atoms with Gasteiger partial charge in [0.15, 0.2) is 5.82 Å². The van der Waals surface area contributed by atoms with Crippen molar-refractivity contribution in [3.8, 4) is 0 Å². The van der Waals surface area contributed by atoms with Crippen LogP contribution >= 0.6 is 11.3 Å². The molecule has 0 atom stereocenters. The van der Waals surface area contributed by atoms with Crippen molar-refractivity contribution >= 4 is 27.4 Å². The first-order valence-electron chi connectivity index (χ1n) is 5.28. The van der Waals surface area contributed by atoms with E-state index in [0.29, 0.717) is 5.92 Å². The van der Waals surface area contributed by atoms with Gasteiger partial charge in [-0.2, -0.15) is 0 Å². The summed E-state index contributed by atoms with van der Waals surface area (Å²) in [5.41, 5.74) is 3.89. The number of aromatic nitrogens is 2. The molecule has 2 heterocycles. The van der Waals surface area contributed by atoms with E-state index >= 15 is 0 Å². The number of hydrogen-bond acceptors (Lipinski definition) is 5. The van der Waals surface area contributed by atoms with Gasteiger partial charge in [-0.05, 0) is 19.4 Å². The second-order valence-electron chi connectivity index (χ2n) is 4.19. The van der Waals surface area contributed by atoms with Crippen molar-refractivity contribution in [2.75, 3.05) is 5.43 Å². The lowest BCUT2D eigenvalue weighted by Crippen LogP contribution is -2.11. The summed E-state index contributed by atoms with van der Waals surface area (Å²) in [6.07, 6.45) is 0. The average Bonchev–Trinajstić information content (AvgIpc) is 2.53. The van der Waals surface area contributed by atoms with Gasteiger partial charge in [-0.3, -0.25) is 0 Å². The summed E-state index contributed by atoms with van der Waals surface area (Å²) >= 11 is 1.69. The Morgan fingerprint density at radius 2 is 1.94 bits per heavy atom. The molecule has 0 radical (unpaired) electrons. The SMILES string of the molecule is Cc1sc2nc(C(C)C)nc(NN)c2c1C. The minimum Gasteiger partial charge on any atom is -0.308 e. The molecule has 0 amide bonds. The number of fused-ring (bicyclic) bond motifs is 1. The summed E-state index contributed by atoms with van der Waals surface area (Å²) < 4.78 is 0. The van der Waals surface area contributed by atoms with Gasteiger partial charge in [-0.15, -0.1) is 11.3 Å². The Bertz CT molecular complexity index is 530. The van der Waals surface area contributed by atoms with Gasteiger partial charge in [0.25, 0.3) is 0 Å². The molecule has 0 bridgehead atoms. The summed E-state index contributed by atoms with van der Waals surface area (Å²) in [5.74, 6) is 7.40. The Morgan fingerprint density at radius 1 is 1.25 bits per heavy atom. The highest BCUT2D eigenvalue weighted by molar-refractivity contribution is 7.18. The maximum absolute atomic E-state index is 5.53. The summed E-state index contributed by atoms with van der Waals surface area (Å²) in [6, 6.07) is 0. The highest BCUT2D eigenvalue weighted by atomic mass is 32.1. The van der Waals surface area contributed by atoms with E-state index in [2.05, 4.69) is 43.1 Å². The van der Waals surface area contributed by atoms with Crippen LogP contribution in [-0.2, 0) is 0 Å². The monoisotopic (exact) mass is 236 g/mol. The third kappa shape index (κ3) is 1.66. The zero-order valence-electron chi connectivity index (χ0n) is 9.96. The number of hydrazine groups is 1. The molecule has 0 aromatic carbocycles. The van der Waals surface area contributed by atoms with E-state index in [4.69, 9.17) is 5.84 Å². The fourth-order valence-electron chi connectivity index (χ4n) is 1.63. The van der Waals surface area contributed by atoms with Crippen LogP contribution in [0.5, 0.6) is 0 Å². The molecular weight excluding hydrogens is 220 g/mol. The van der Waals surface area contributed by atoms with Crippen molar-refractivity contribution in [3.63, 3.8) is 0 Å². The maximum Gasteiger partial charge on any atom is 0.152 e. The van der Waals surface area contributed by atoms with Crippen molar-refractivity contribution in [1.82, 2.24) is 9.97 Å². The molecule has 16 heavy (non-hydrogen) atoms. The second-order valence-corrected chi connectivity index (χ2v) is 5.40. The second kappa shape index (κ2) is 3.99. The van der Waals surface area contributed by atoms with Crippen LogP contribution in [0.4, 0.5) is 5.82 Å². The number of hydrogen-bond donors (Lipinski definition) is 2. The van der Waals surface area contributed by atoms with E-state index in [9.17, 15) is 0 Å². The van der Waals surface area contributed by atoms with Crippen molar-refractivity contribution in [3.05, 3.63) is 16.3 Å². The van der Waals surface area contributed by atoms with Crippen LogP contribution in [0.25, 0.3) is 10.2 Å². The molecule has 2 aromatic rings. The van der Waals surface area contributed by atoms with Gasteiger partial charge < -0.3 is 5.43 Å². The van der Waals surface area contributed by atoms with Crippen molar-refractivity contribution in [1.29, 1.82) is 0 Å². The topological polar surface area (TPSA) is 63.8 Å². The lowest BCUT2D eigenvalue weighted by molar-refractivity contribution is 0.785. The zero-order chi connectivity index (χ0) is 11.9. The van der Waals surface area contributed by atoms with Crippen molar-refractivity contribution in [2.45, 2.75) is 33.6 Å². The molecule has 2 aromatic heterocycles. The molecule has 0 aliphatic rings. The largest absolute Gasteiger partial charge is 0.308 e. The Balaban J connectivity index is 2.78. The average molecular weight is 236 g/mol. The molecule has 0 aliphatic heterocycles. The minimum atomic E-state index is 0.305. The third-order valence-corrected chi connectivity index (χ3v) is 3.80. The predicted molar refractivity (Wildman–Crippen MR) is 68.8 cm³/mol. The summed E-state index contributed by atoms with van der Waals surface area (Å²) in [5, 5.41) is 1.05. The highest BCUT2D eigenvalue weighted by Gasteiger charge is 2.14. The van der Waals surface area contributed by atoms with Crippen LogP contribution in [0.1, 0.15) is 36.0 Å². The minimum absolute atomic E-state index is 0.305. The quantitative estimate of drug-likeness (QED) is 0.621. The zero-order valence-corrected chi connectivity index (χ0v) is 10.8. The third-order valence-electron chi connectivity index (χ3n) is 2.70. The van der Waals surface area contributed by atoms with Crippen LogP contribution in [0.15, 0.2) is 0 Å². The number of anilines is 1. The van der Waals surface area contributed by atoms with Gasteiger partial charge in [0.05, 0.1) is 5.39 Å². The number of nitrogens with one attached hydrogen (secondary N) is 1. The van der Waals surface area contributed by atoms with Crippen molar-refractivity contribution in [2.24, 2.45) is 5.84 Å². The molecule has 0 fully saturated rings. The number of nitrogens with two attached hydrogens (primary N) is 1. The van der Waals surface area contributed by atoms with Crippen LogP contribution in [-0.4, -0.2) is 9.97 Å². The van der Waals surface area contributed by atoms with Gasteiger partial charge in [-0.1, -0.05) is 13.8 Å². The van der Waals surface area contributed by atoms with Gasteiger partial charge >= 0.3 is 0 Å². The Kier molecular flexibility index (Phi) is 2.82. The Labute approximate surface area is 98.9 Å². The number of rotatable bonds is 2. The number of nitrogens with zero attached hydrogens (tertiary/aromatic N) is 2. The first kappa shape index (κ1) is 11.3. The van der Waals surface area contributed by atoms with E-state index in [1.807, 2.05) is 0 Å². The molecule has 3 N–H and O–H groups in total. The van der Waals surface area contributed by atoms with Gasteiger partial charge in [0, 0.05) is 10.8 Å². The van der Waals surface area contributed by atoms with Crippen LogP contribution in [0, 0.1) is 13.8 Å². The lowest BCUT2D eigenvalue weighted by Gasteiger charge is -2.07. The molecule has 4 nitrogen and oxygen atoms in total. The Morgan fingerprint density at radius 3 is 2.50 bits per heavy atom. The van der Waals surface area contributed by atoms with E-state index < -0.39 is 0 Å². The number of nitrogen functional groups attached to an aromatic ring is 1. The van der Waals surface area contributed by atoms with E-state index in [1.54, 1.807) is 11.3 Å². The first-order chi connectivity index (χ1) is 7.54. The van der Waals surface area contributed by atoms with E-state index in [1.165, 1.54) is 10.4 Å². The summed E-state index contributed by atoms with van der Waals surface area (Å²) in [7, 11) is 0. The number of thiophene rings is 1. The van der Waals surface area contributed by atoms with E-state index in [0.717, 1.165) is 21.9 Å². The highest BCUT2D eigenvalue weighted by Crippen LogP contribution is 2.33. The van der Waals surface area contributed by atoms with Crippen LogP contribution in [0.2, 0.25) is 0 Å². The predicted octanol–water partition coefficient (Wildman–Crippen LogP) is 2.72. The lowest BCUT2D eigenvalue weighted by atomic mass is 10.2.